The first-order valence-electron chi connectivity index (χ1n) is 9.38. The molecule has 5 nitrogen and oxygen atoms in total. The van der Waals surface area contributed by atoms with Crippen LogP contribution in [0.3, 0.4) is 0 Å². The second kappa shape index (κ2) is 9.53. The Hall–Kier alpha value is -2.37. The number of aryl methyl sites for hydroxylation is 1. The Morgan fingerprint density at radius 3 is 2.67 bits per heavy atom. The Bertz CT molecular complexity index is 717. The molecular formula is C22H27NO4. The molecule has 1 aliphatic rings. The van der Waals surface area contributed by atoms with Crippen molar-refractivity contribution in [2.24, 2.45) is 0 Å². The molecule has 0 amide bonds. The van der Waals surface area contributed by atoms with E-state index in [0.29, 0.717) is 12.4 Å². The van der Waals surface area contributed by atoms with Gasteiger partial charge in [0.2, 0.25) is 0 Å². The standard InChI is InChI=1S/C22H27NO4/c1-17-8-10-20(11-9-17)27-18(2)22(24)26-16-21-15-23(12-13-25-21)14-19-6-4-3-5-7-19/h3-11,18,21H,12-16H2,1-2H3. The number of ether oxygens (including phenoxy) is 3. The van der Waals surface area contributed by atoms with Crippen LogP contribution in [-0.4, -0.2) is 49.4 Å². The van der Waals surface area contributed by atoms with Gasteiger partial charge in [-0.05, 0) is 31.5 Å². The van der Waals surface area contributed by atoms with Crippen molar-refractivity contribution < 1.29 is 19.0 Å². The van der Waals surface area contributed by atoms with Gasteiger partial charge in [-0.1, -0.05) is 48.0 Å². The fourth-order valence-corrected chi connectivity index (χ4v) is 3.03. The molecule has 1 saturated heterocycles. The number of carbonyl (C=O) groups excluding carboxylic acids is 1. The molecule has 1 aliphatic heterocycles. The Balaban J connectivity index is 1.43. The Kier molecular flexibility index (Phi) is 6.85. The molecule has 0 aliphatic carbocycles. The maximum Gasteiger partial charge on any atom is 0.347 e. The monoisotopic (exact) mass is 369 g/mol. The first kappa shape index (κ1) is 19.4. The lowest BCUT2D eigenvalue weighted by molar-refractivity contribution is -0.157. The van der Waals surface area contributed by atoms with Crippen molar-refractivity contribution >= 4 is 5.97 Å². The minimum Gasteiger partial charge on any atom is -0.479 e. The summed E-state index contributed by atoms with van der Waals surface area (Å²) < 4.78 is 16.8. The predicted molar refractivity (Wildman–Crippen MR) is 104 cm³/mol. The number of hydrogen-bond donors (Lipinski definition) is 0. The summed E-state index contributed by atoms with van der Waals surface area (Å²) in [7, 11) is 0. The topological polar surface area (TPSA) is 48.0 Å². The molecule has 2 aromatic carbocycles. The normalized spacial score (nSPS) is 18.7. The van der Waals surface area contributed by atoms with E-state index in [-0.39, 0.29) is 18.7 Å². The van der Waals surface area contributed by atoms with Crippen molar-refractivity contribution in [3.63, 3.8) is 0 Å². The average molecular weight is 369 g/mol. The Morgan fingerprint density at radius 2 is 1.93 bits per heavy atom. The van der Waals surface area contributed by atoms with E-state index < -0.39 is 6.10 Å². The first-order chi connectivity index (χ1) is 13.1. The molecule has 0 saturated carbocycles. The van der Waals surface area contributed by atoms with E-state index in [1.165, 1.54) is 5.56 Å². The molecule has 5 heteroatoms. The third kappa shape index (κ3) is 6.08. The minimum atomic E-state index is -0.656. The summed E-state index contributed by atoms with van der Waals surface area (Å²) >= 11 is 0. The molecule has 144 valence electrons. The van der Waals surface area contributed by atoms with Crippen LogP contribution >= 0.6 is 0 Å². The first-order valence-corrected chi connectivity index (χ1v) is 9.38. The van der Waals surface area contributed by atoms with Crippen molar-refractivity contribution in [1.29, 1.82) is 0 Å². The molecule has 0 spiro atoms. The maximum absolute atomic E-state index is 12.2. The van der Waals surface area contributed by atoms with Crippen molar-refractivity contribution in [2.75, 3.05) is 26.3 Å². The number of esters is 1. The van der Waals surface area contributed by atoms with E-state index in [1.54, 1.807) is 6.92 Å². The van der Waals surface area contributed by atoms with Gasteiger partial charge in [0.05, 0.1) is 6.61 Å². The number of morpholine rings is 1. The quantitative estimate of drug-likeness (QED) is 0.702. The predicted octanol–water partition coefficient (Wildman–Crippen LogP) is 3.21. The van der Waals surface area contributed by atoms with Crippen LogP contribution in [0, 0.1) is 6.92 Å². The number of nitrogens with zero attached hydrogens (tertiary/aromatic N) is 1. The van der Waals surface area contributed by atoms with Crippen LogP contribution in [0.15, 0.2) is 54.6 Å². The van der Waals surface area contributed by atoms with E-state index in [1.807, 2.05) is 49.4 Å². The second-order valence-corrected chi connectivity index (χ2v) is 6.92. The smallest absolute Gasteiger partial charge is 0.347 e. The SMILES string of the molecule is Cc1ccc(OC(C)C(=O)OCC2CN(Cc3ccccc3)CCO2)cc1. The number of benzene rings is 2. The molecule has 0 N–H and O–H groups in total. The van der Waals surface area contributed by atoms with Crippen LogP contribution in [0.4, 0.5) is 0 Å². The van der Waals surface area contributed by atoms with Crippen molar-refractivity contribution in [3.8, 4) is 5.75 Å². The highest BCUT2D eigenvalue weighted by molar-refractivity contribution is 5.74. The van der Waals surface area contributed by atoms with Crippen LogP contribution in [0.2, 0.25) is 0 Å². The molecule has 2 aromatic rings. The van der Waals surface area contributed by atoms with Crippen molar-refractivity contribution in [3.05, 3.63) is 65.7 Å². The number of carbonyl (C=O) groups is 1. The summed E-state index contributed by atoms with van der Waals surface area (Å²) in [5.74, 6) is 0.285. The zero-order valence-electron chi connectivity index (χ0n) is 16.0. The van der Waals surface area contributed by atoms with Crippen LogP contribution in [0.5, 0.6) is 5.75 Å². The van der Waals surface area contributed by atoms with Gasteiger partial charge in [0.1, 0.15) is 18.5 Å². The van der Waals surface area contributed by atoms with E-state index in [2.05, 4.69) is 17.0 Å². The molecule has 0 aromatic heterocycles. The fourth-order valence-electron chi connectivity index (χ4n) is 3.03. The van der Waals surface area contributed by atoms with Gasteiger partial charge in [-0.15, -0.1) is 0 Å². The molecular weight excluding hydrogens is 342 g/mol. The van der Waals surface area contributed by atoms with Gasteiger partial charge in [-0.25, -0.2) is 4.79 Å². The summed E-state index contributed by atoms with van der Waals surface area (Å²) in [4.78, 5) is 14.5. The summed E-state index contributed by atoms with van der Waals surface area (Å²) in [6.07, 6.45) is -0.769. The van der Waals surface area contributed by atoms with Crippen LogP contribution in [0.1, 0.15) is 18.1 Å². The molecule has 2 unspecified atom stereocenters. The maximum atomic E-state index is 12.2. The van der Waals surface area contributed by atoms with Crippen LogP contribution in [-0.2, 0) is 20.8 Å². The third-order valence-corrected chi connectivity index (χ3v) is 4.55. The third-order valence-electron chi connectivity index (χ3n) is 4.55. The lowest BCUT2D eigenvalue weighted by Gasteiger charge is -2.32. The van der Waals surface area contributed by atoms with E-state index in [4.69, 9.17) is 14.2 Å². The van der Waals surface area contributed by atoms with Gasteiger partial charge in [0.25, 0.3) is 0 Å². The molecule has 0 bridgehead atoms. The summed E-state index contributed by atoms with van der Waals surface area (Å²) in [6, 6.07) is 18.0. The lowest BCUT2D eigenvalue weighted by Crippen LogP contribution is -2.44. The zero-order valence-corrected chi connectivity index (χ0v) is 16.0. The lowest BCUT2D eigenvalue weighted by atomic mass is 10.2. The van der Waals surface area contributed by atoms with Crippen LogP contribution in [0.25, 0.3) is 0 Å². The van der Waals surface area contributed by atoms with Gasteiger partial charge in [-0.2, -0.15) is 0 Å². The molecule has 1 fully saturated rings. The Labute approximate surface area is 160 Å². The highest BCUT2D eigenvalue weighted by atomic mass is 16.6. The summed E-state index contributed by atoms with van der Waals surface area (Å²) in [5.41, 5.74) is 2.42. The van der Waals surface area contributed by atoms with E-state index in [0.717, 1.165) is 25.2 Å². The summed E-state index contributed by atoms with van der Waals surface area (Å²) in [6.45, 7) is 7.10. The largest absolute Gasteiger partial charge is 0.479 e. The number of rotatable bonds is 7. The van der Waals surface area contributed by atoms with Crippen molar-refractivity contribution in [2.45, 2.75) is 32.6 Å². The summed E-state index contributed by atoms with van der Waals surface area (Å²) in [5, 5.41) is 0. The molecule has 3 rings (SSSR count). The highest BCUT2D eigenvalue weighted by Crippen LogP contribution is 2.15. The van der Waals surface area contributed by atoms with E-state index >= 15 is 0 Å². The zero-order chi connectivity index (χ0) is 19.1. The van der Waals surface area contributed by atoms with Gasteiger partial charge in [-0.3, -0.25) is 4.90 Å². The van der Waals surface area contributed by atoms with Gasteiger partial charge >= 0.3 is 5.97 Å². The number of hydrogen-bond acceptors (Lipinski definition) is 5. The van der Waals surface area contributed by atoms with Gasteiger partial charge < -0.3 is 14.2 Å². The average Bonchev–Trinajstić information content (AvgIpc) is 2.69. The minimum absolute atomic E-state index is 0.113. The Morgan fingerprint density at radius 1 is 1.19 bits per heavy atom. The fraction of sp³-hybridized carbons (Fsp3) is 0.409. The molecule has 1 heterocycles. The van der Waals surface area contributed by atoms with Crippen molar-refractivity contribution in [1.82, 2.24) is 4.90 Å². The van der Waals surface area contributed by atoms with Gasteiger partial charge in [0.15, 0.2) is 6.10 Å². The molecule has 2 atom stereocenters. The molecule has 0 radical (unpaired) electrons. The second-order valence-electron chi connectivity index (χ2n) is 6.92. The van der Waals surface area contributed by atoms with E-state index in [9.17, 15) is 4.79 Å². The van der Waals surface area contributed by atoms with Gasteiger partial charge in [0, 0.05) is 19.6 Å². The molecule has 27 heavy (non-hydrogen) atoms. The van der Waals surface area contributed by atoms with Crippen LogP contribution < -0.4 is 4.74 Å². The highest BCUT2D eigenvalue weighted by Gasteiger charge is 2.24.